The number of hydrogen-bond acceptors (Lipinski definition) is 9. The van der Waals surface area contributed by atoms with Crippen LogP contribution < -0.4 is 15.9 Å². The number of carboxylic acids is 2. The molecule has 0 amide bonds. The van der Waals surface area contributed by atoms with Crippen LogP contribution in [0.1, 0.15) is 26.7 Å². The number of nitrogens with zero attached hydrogens (tertiary/aromatic N) is 2. The van der Waals surface area contributed by atoms with Gasteiger partial charge in [0.25, 0.3) is 0 Å². The molecule has 0 aliphatic heterocycles. The summed E-state index contributed by atoms with van der Waals surface area (Å²) in [5.74, 6) is -3.15. The maximum absolute atomic E-state index is 10.3. The fraction of sp³-hybridized carbons (Fsp3) is 0.789. The van der Waals surface area contributed by atoms with E-state index in [2.05, 4.69) is 42.3 Å². The van der Waals surface area contributed by atoms with E-state index in [1.54, 1.807) is 0 Å². The number of rotatable bonds is 10. The van der Waals surface area contributed by atoms with Gasteiger partial charge < -0.3 is 44.0 Å². The summed E-state index contributed by atoms with van der Waals surface area (Å²) in [5.41, 5.74) is 4.91. The normalized spacial score (nSPS) is 11.6. The lowest BCUT2D eigenvalue weighted by Crippen LogP contribution is -2.42. The van der Waals surface area contributed by atoms with Gasteiger partial charge in [-0.15, -0.1) is 0 Å². The van der Waals surface area contributed by atoms with E-state index >= 15 is 0 Å². The Balaban J connectivity index is -0.000000364. The van der Waals surface area contributed by atoms with Crippen LogP contribution in [0.25, 0.3) is 0 Å². The molecule has 30 heavy (non-hydrogen) atoms. The van der Waals surface area contributed by atoms with Crippen molar-refractivity contribution in [3.63, 3.8) is 0 Å². The minimum absolute atomic E-state index is 0.148. The van der Waals surface area contributed by atoms with Gasteiger partial charge in [-0.3, -0.25) is 9.59 Å². The number of quaternary nitrogens is 2. The second-order valence-corrected chi connectivity index (χ2v) is 8.54. The summed E-state index contributed by atoms with van der Waals surface area (Å²) < 4.78 is 11.2. The minimum atomic E-state index is -1.44. The molecule has 1 unspecified atom stereocenters. The smallest absolute Gasteiger partial charge is 0.302 e. The van der Waals surface area contributed by atoms with Crippen molar-refractivity contribution in [3.05, 3.63) is 0 Å². The molecule has 0 aromatic heterocycles. The second kappa shape index (κ2) is 16.5. The van der Waals surface area contributed by atoms with E-state index < -0.39 is 18.0 Å². The SMILES string of the molecule is CC(=O)OCC[N+](C)(C)C.CC(=O)OCC[N+](C)(C)C.NC(CCC(=O)[O-])C(=O)[O-]. The third-order valence-corrected chi connectivity index (χ3v) is 3.10. The number of esters is 2. The molecule has 0 fully saturated rings. The van der Waals surface area contributed by atoms with Gasteiger partial charge in [0.2, 0.25) is 0 Å². The number of nitrogens with two attached hydrogens (primary N) is 1. The highest BCUT2D eigenvalue weighted by Crippen LogP contribution is 1.91. The molecule has 0 aliphatic rings. The highest BCUT2D eigenvalue weighted by atomic mass is 16.5. The van der Waals surface area contributed by atoms with Crippen LogP contribution in [0, 0.1) is 0 Å². The summed E-state index contributed by atoms with van der Waals surface area (Å²) in [6, 6.07) is -1.21. The Labute approximate surface area is 179 Å². The number of carboxylic acid groups (broad SMARTS) is 2. The molecular formula is C19H39N3O8. The van der Waals surface area contributed by atoms with E-state index in [9.17, 15) is 29.4 Å². The summed E-state index contributed by atoms with van der Waals surface area (Å²) in [5, 5.41) is 19.6. The molecule has 0 heterocycles. The molecule has 0 saturated heterocycles. The van der Waals surface area contributed by atoms with Crippen molar-refractivity contribution in [2.24, 2.45) is 5.73 Å². The van der Waals surface area contributed by atoms with Crippen molar-refractivity contribution in [1.29, 1.82) is 0 Å². The lowest BCUT2D eigenvalue weighted by atomic mass is 10.2. The molecule has 1 atom stereocenters. The number of likely N-dealkylation sites (N-methyl/N-ethyl adjacent to an activating group) is 2. The van der Waals surface area contributed by atoms with Crippen molar-refractivity contribution < 1.29 is 47.8 Å². The molecule has 0 bridgehead atoms. The van der Waals surface area contributed by atoms with E-state index in [1.165, 1.54) is 13.8 Å². The first-order chi connectivity index (χ1) is 13.4. The van der Waals surface area contributed by atoms with E-state index in [4.69, 9.17) is 15.2 Å². The van der Waals surface area contributed by atoms with Gasteiger partial charge in [-0.1, -0.05) is 0 Å². The van der Waals surface area contributed by atoms with Crippen molar-refractivity contribution in [2.75, 3.05) is 68.6 Å². The lowest BCUT2D eigenvalue weighted by molar-refractivity contribution is -0.870. The Kier molecular flexibility index (Phi) is 17.9. The number of ether oxygens (including phenoxy) is 2. The number of hydrogen-bond donors (Lipinski definition) is 1. The first-order valence-electron chi connectivity index (χ1n) is 9.41. The highest BCUT2D eigenvalue weighted by molar-refractivity contribution is 5.72. The number of carbonyl (C=O) groups is 4. The van der Waals surface area contributed by atoms with Gasteiger partial charge in [0.05, 0.1) is 48.3 Å². The van der Waals surface area contributed by atoms with E-state index in [0.29, 0.717) is 13.2 Å². The molecular weight excluding hydrogens is 398 g/mol. The fourth-order valence-electron chi connectivity index (χ4n) is 1.32. The van der Waals surface area contributed by atoms with Crippen LogP contribution in [0.2, 0.25) is 0 Å². The van der Waals surface area contributed by atoms with Crippen molar-refractivity contribution in [3.8, 4) is 0 Å². The van der Waals surface area contributed by atoms with Crippen LogP contribution >= 0.6 is 0 Å². The van der Waals surface area contributed by atoms with Crippen LogP contribution in [-0.4, -0.2) is 107 Å². The monoisotopic (exact) mass is 437 g/mol. The average molecular weight is 438 g/mol. The Bertz CT molecular complexity index is 495. The first kappa shape index (κ1) is 32.4. The summed E-state index contributed by atoms with van der Waals surface area (Å²) in [4.78, 5) is 40.2. The Hall–Kier alpha value is -2.24. The molecule has 0 aromatic rings. The minimum Gasteiger partial charge on any atom is -0.550 e. The van der Waals surface area contributed by atoms with Crippen LogP contribution in [0.5, 0.6) is 0 Å². The summed E-state index contributed by atoms with van der Waals surface area (Å²) in [6.07, 6.45) is -0.500. The summed E-state index contributed by atoms with van der Waals surface area (Å²) in [6.45, 7) is 5.60. The largest absolute Gasteiger partial charge is 0.550 e. The molecule has 0 saturated carbocycles. The Morgan fingerprint density at radius 1 is 0.800 bits per heavy atom. The molecule has 0 aliphatic carbocycles. The molecule has 2 N–H and O–H groups in total. The maximum atomic E-state index is 10.3. The van der Waals surface area contributed by atoms with E-state index in [1.807, 2.05) is 0 Å². The van der Waals surface area contributed by atoms with E-state index in [-0.39, 0.29) is 24.8 Å². The number of aliphatic carboxylic acids is 2. The zero-order chi connectivity index (χ0) is 24.5. The van der Waals surface area contributed by atoms with Gasteiger partial charge in [-0.2, -0.15) is 0 Å². The van der Waals surface area contributed by atoms with Crippen LogP contribution in [0.3, 0.4) is 0 Å². The fourth-order valence-corrected chi connectivity index (χ4v) is 1.32. The van der Waals surface area contributed by atoms with Crippen LogP contribution in [0.4, 0.5) is 0 Å². The zero-order valence-electron chi connectivity index (χ0n) is 19.6. The molecule has 0 rings (SSSR count). The Morgan fingerprint density at radius 3 is 1.33 bits per heavy atom. The topological polar surface area (TPSA) is 159 Å². The standard InChI is InChI=1S/2C7H16NO2.C5H9NO4/c2*1-7(9)10-6-5-8(2,3)4;6-3(5(9)10)1-2-4(7)8/h2*5-6H2,1-4H3;3H,1-2,6H2,(H,7,8)(H,9,10)/q2*+1;/p-2. The molecule has 0 radical (unpaired) electrons. The van der Waals surface area contributed by atoms with Gasteiger partial charge in [-0.05, 0) is 12.8 Å². The van der Waals surface area contributed by atoms with Gasteiger partial charge >= 0.3 is 11.9 Å². The van der Waals surface area contributed by atoms with Crippen LogP contribution in [0.15, 0.2) is 0 Å². The third-order valence-electron chi connectivity index (χ3n) is 3.10. The van der Waals surface area contributed by atoms with Gasteiger partial charge in [0.15, 0.2) is 0 Å². The predicted molar refractivity (Wildman–Crippen MR) is 106 cm³/mol. The van der Waals surface area contributed by atoms with Gasteiger partial charge in [0, 0.05) is 25.9 Å². The molecule has 178 valence electrons. The van der Waals surface area contributed by atoms with Crippen molar-refractivity contribution in [2.45, 2.75) is 32.7 Å². The summed E-state index contributed by atoms with van der Waals surface area (Å²) in [7, 11) is 12.4. The van der Waals surface area contributed by atoms with Gasteiger partial charge in [0.1, 0.15) is 26.3 Å². The maximum Gasteiger partial charge on any atom is 0.302 e. The quantitative estimate of drug-likeness (QED) is 0.279. The summed E-state index contributed by atoms with van der Waals surface area (Å²) >= 11 is 0. The molecule has 11 heteroatoms. The predicted octanol–water partition coefficient (Wildman–Crippen LogP) is -2.89. The Morgan fingerprint density at radius 2 is 1.13 bits per heavy atom. The molecule has 0 spiro atoms. The third kappa shape index (κ3) is 36.6. The zero-order valence-corrected chi connectivity index (χ0v) is 19.6. The molecule has 11 nitrogen and oxygen atoms in total. The van der Waals surface area contributed by atoms with E-state index in [0.717, 1.165) is 22.1 Å². The van der Waals surface area contributed by atoms with Gasteiger partial charge in [-0.25, -0.2) is 0 Å². The van der Waals surface area contributed by atoms with Crippen LogP contribution in [-0.2, 0) is 28.7 Å². The number of carbonyl (C=O) groups excluding carboxylic acids is 4. The lowest BCUT2D eigenvalue weighted by Gasteiger charge is -2.23. The average Bonchev–Trinajstić information content (AvgIpc) is 2.50. The van der Waals surface area contributed by atoms with Crippen molar-refractivity contribution >= 4 is 23.9 Å². The second-order valence-electron chi connectivity index (χ2n) is 8.54. The van der Waals surface area contributed by atoms with Crippen molar-refractivity contribution in [1.82, 2.24) is 0 Å². The molecule has 0 aromatic carbocycles. The first-order valence-corrected chi connectivity index (χ1v) is 9.41. The highest BCUT2D eigenvalue weighted by Gasteiger charge is 2.07.